The molecule has 0 aromatic rings. The molecule has 5 aliphatic heterocycles. The van der Waals surface area contributed by atoms with E-state index in [4.69, 9.17) is 9.47 Å². The Hall–Kier alpha value is -1.91. The van der Waals surface area contributed by atoms with E-state index in [2.05, 4.69) is 10.9 Å². The van der Waals surface area contributed by atoms with Crippen LogP contribution in [0.4, 0.5) is 9.59 Å². The van der Waals surface area contributed by atoms with E-state index in [1.807, 2.05) is 14.9 Å². The zero-order valence-corrected chi connectivity index (χ0v) is 16.9. The van der Waals surface area contributed by atoms with Crippen LogP contribution in [-0.4, -0.2) is 90.9 Å². The molecule has 10 heteroatoms. The van der Waals surface area contributed by atoms with Crippen LogP contribution < -0.4 is 10.9 Å². The lowest BCUT2D eigenvalue weighted by atomic mass is 9.74. The number of Topliss-reactive ketones (excluding diaryl/α,β-unsaturated/α-hetero) is 1. The maximum atomic E-state index is 13.1. The second kappa shape index (κ2) is 8.85. The molecule has 0 aromatic heterocycles. The smallest absolute Gasteiger partial charge is 0.421 e. The molecule has 0 spiro atoms. The minimum Gasteiger partial charge on any atom is -0.446 e. The third-order valence-corrected chi connectivity index (χ3v) is 6.52. The van der Waals surface area contributed by atoms with Gasteiger partial charge in [-0.3, -0.25) is 20.5 Å². The van der Waals surface area contributed by atoms with E-state index in [-0.39, 0.29) is 24.9 Å². The number of amides is 2. The van der Waals surface area contributed by atoms with Gasteiger partial charge < -0.3 is 9.47 Å². The van der Waals surface area contributed by atoms with E-state index in [0.29, 0.717) is 0 Å². The van der Waals surface area contributed by atoms with Gasteiger partial charge in [0.1, 0.15) is 18.8 Å². The number of carbonyl (C=O) groups excluding carboxylic acids is 3. The van der Waals surface area contributed by atoms with Crippen molar-refractivity contribution in [1.82, 2.24) is 25.8 Å². The van der Waals surface area contributed by atoms with Crippen molar-refractivity contribution >= 4 is 18.0 Å². The molecule has 29 heavy (non-hydrogen) atoms. The summed E-state index contributed by atoms with van der Waals surface area (Å²) in [6, 6.07) is 0. The normalized spacial score (nSPS) is 29.0. The van der Waals surface area contributed by atoms with Crippen molar-refractivity contribution in [2.75, 3.05) is 52.5 Å². The lowest BCUT2D eigenvalue weighted by Gasteiger charge is -2.51. The number of hydrogen-bond donors (Lipinski definition) is 2. The number of fused-ring (bicyclic) bond motifs is 3. The summed E-state index contributed by atoms with van der Waals surface area (Å²) in [6.07, 6.45) is 4.64. The highest BCUT2D eigenvalue weighted by atomic mass is 16.6. The van der Waals surface area contributed by atoms with Crippen LogP contribution in [-0.2, 0) is 14.3 Å². The van der Waals surface area contributed by atoms with E-state index in [0.717, 1.165) is 77.8 Å². The number of hydrogen-bond acceptors (Lipinski definition) is 8. The number of nitrogens with one attached hydrogen (secondary N) is 2. The van der Waals surface area contributed by atoms with Crippen LogP contribution in [0, 0.1) is 5.92 Å². The van der Waals surface area contributed by atoms with Crippen molar-refractivity contribution in [2.45, 2.75) is 44.1 Å². The molecule has 0 saturated carbocycles. The van der Waals surface area contributed by atoms with Crippen molar-refractivity contribution in [3.8, 4) is 0 Å². The molecule has 162 valence electrons. The Labute approximate surface area is 170 Å². The number of ketones is 1. The predicted molar refractivity (Wildman–Crippen MR) is 103 cm³/mol. The van der Waals surface area contributed by atoms with E-state index < -0.39 is 17.7 Å². The maximum absolute atomic E-state index is 13.1. The van der Waals surface area contributed by atoms with E-state index in [1.54, 1.807) is 0 Å². The van der Waals surface area contributed by atoms with Gasteiger partial charge in [0.2, 0.25) is 0 Å². The van der Waals surface area contributed by atoms with E-state index in [1.165, 1.54) is 0 Å². The van der Waals surface area contributed by atoms with Gasteiger partial charge in [-0.2, -0.15) is 0 Å². The Morgan fingerprint density at radius 2 is 1.28 bits per heavy atom. The highest BCUT2D eigenvalue weighted by molar-refractivity contribution is 5.93. The lowest BCUT2D eigenvalue weighted by molar-refractivity contribution is -0.157. The molecule has 0 atom stereocenters. The second-order valence-electron chi connectivity index (χ2n) is 8.42. The molecule has 0 aromatic carbocycles. The van der Waals surface area contributed by atoms with Crippen molar-refractivity contribution in [3.05, 3.63) is 0 Å². The highest BCUT2D eigenvalue weighted by Crippen LogP contribution is 2.37. The van der Waals surface area contributed by atoms with Crippen LogP contribution in [0.1, 0.15) is 38.5 Å². The topological polar surface area (TPSA) is 103 Å². The van der Waals surface area contributed by atoms with Gasteiger partial charge in [0.15, 0.2) is 5.78 Å². The second-order valence-corrected chi connectivity index (χ2v) is 8.42. The molecule has 2 bridgehead atoms. The van der Waals surface area contributed by atoms with Gasteiger partial charge in [-0.15, -0.1) is 0 Å². The Morgan fingerprint density at radius 3 is 1.69 bits per heavy atom. The highest BCUT2D eigenvalue weighted by Gasteiger charge is 2.55. The Kier molecular flexibility index (Phi) is 6.21. The standard InChI is InChI=1S/C19H31N5O5/c25-16-15-5-11-22(12-6-15)19(16,13-28-17(26)20-23-7-1-2-8-23)14-29-18(27)21-24-9-3-4-10-24/h15H,1-14H2,(H,20,26)(H,21,27). The van der Waals surface area contributed by atoms with Crippen LogP contribution in [0.2, 0.25) is 0 Å². The Morgan fingerprint density at radius 1 is 0.828 bits per heavy atom. The molecule has 0 unspecified atom stereocenters. The fourth-order valence-corrected chi connectivity index (χ4v) is 4.82. The van der Waals surface area contributed by atoms with Crippen LogP contribution >= 0.6 is 0 Å². The number of nitrogens with zero attached hydrogens (tertiary/aromatic N) is 3. The van der Waals surface area contributed by atoms with Gasteiger partial charge in [0.05, 0.1) is 0 Å². The molecule has 5 rings (SSSR count). The first-order valence-corrected chi connectivity index (χ1v) is 10.7. The molecule has 0 aliphatic carbocycles. The van der Waals surface area contributed by atoms with Crippen molar-refractivity contribution in [2.24, 2.45) is 5.92 Å². The minimum absolute atomic E-state index is 0.0120. The third-order valence-electron chi connectivity index (χ3n) is 6.52. The van der Waals surface area contributed by atoms with Gasteiger partial charge in [-0.1, -0.05) is 0 Å². The molecule has 10 nitrogen and oxygen atoms in total. The Bertz CT molecular complexity index is 590. The van der Waals surface area contributed by atoms with Gasteiger partial charge in [0.25, 0.3) is 0 Å². The number of rotatable bonds is 6. The first kappa shape index (κ1) is 20.4. The Balaban J connectivity index is 1.37. The molecule has 2 N–H and O–H groups in total. The zero-order chi connectivity index (χ0) is 20.3. The third kappa shape index (κ3) is 4.49. The number of piperidine rings is 3. The van der Waals surface area contributed by atoms with Crippen LogP contribution in [0.3, 0.4) is 0 Å². The summed E-state index contributed by atoms with van der Waals surface area (Å²) >= 11 is 0. The summed E-state index contributed by atoms with van der Waals surface area (Å²) in [6.45, 7) is 4.45. The summed E-state index contributed by atoms with van der Waals surface area (Å²) in [7, 11) is 0. The monoisotopic (exact) mass is 409 g/mol. The molecule has 2 amide bonds. The molecule has 5 saturated heterocycles. The minimum atomic E-state index is -1.09. The number of carbonyl (C=O) groups is 3. The average Bonchev–Trinajstić information content (AvgIpc) is 3.42. The molecule has 5 aliphatic rings. The number of ether oxygens (including phenoxy) is 2. The lowest BCUT2D eigenvalue weighted by Crippen LogP contribution is -2.69. The quantitative estimate of drug-likeness (QED) is 0.654. The van der Waals surface area contributed by atoms with Crippen molar-refractivity contribution in [1.29, 1.82) is 0 Å². The van der Waals surface area contributed by atoms with Crippen LogP contribution in [0.15, 0.2) is 0 Å². The summed E-state index contributed by atoms with van der Waals surface area (Å²) in [5.41, 5.74) is 4.36. The SMILES string of the molecule is O=C(NN1CCCC1)OCC1(COC(=O)NN2CCCC2)C(=O)C2CCN1CC2. The molecule has 0 radical (unpaired) electrons. The summed E-state index contributed by atoms with van der Waals surface area (Å²) in [5.74, 6) is -0.0477. The largest absolute Gasteiger partial charge is 0.446 e. The van der Waals surface area contributed by atoms with Crippen LogP contribution in [0.25, 0.3) is 0 Å². The molecule has 5 fully saturated rings. The van der Waals surface area contributed by atoms with Crippen molar-refractivity contribution < 1.29 is 23.9 Å². The molecule has 5 heterocycles. The number of hydrazine groups is 2. The van der Waals surface area contributed by atoms with Crippen LogP contribution in [0.5, 0.6) is 0 Å². The summed E-state index contributed by atoms with van der Waals surface area (Å²) in [4.78, 5) is 39.6. The molecular weight excluding hydrogens is 378 g/mol. The van der Waals surface area contributed by atoms with Gasteiger partial charge in [-0.25, -0.2) is 19.6 Å². The molecular formula is C19H31N5O5. The first-order chi connectivity index (χ1) is 14.1. The van der Waals surface area contributed by atoms with E-state index >= 15 is 0 Å². The fourth-order valence-electron chi connectivity index (χ4n) is 4.82. The van der Waals surface area contributed by atoms with Crippen molar-refractivity contribution in [3.63, 3.8) is 0 Å². The van der Waals surface area contributed by atoms with Gasteiger partial charge >= 0.3 is 12.2 Å². The maximum Gasteiger partial charge on any atom is 0.421 e. The van der Waals surface area contributed by atoms with Gasteiger partial charge in [-0.05, 0) is 38.5 Å². The van der Waals surface area contributed by atoms with E-state index in [9.17, 15) is 14.4 Å². The first-order valence-electron chi connectivity index (χ1n) is 10.7. The fraction of sp³-hybridized carbons (Fsp3) is 0.842. The zero-order valence-electron chi connectivity index (χ0n) is 16.9. The summed E-state index contributed by atoms with van der Waals surface area (Å²) < 4.78 is 10.9. The predicted octanol–water partition coefficient (Wildman–Crippen LogP) is 0.494. The average molecular weight is 409 g/mol. The summed E-state index contributed by atoms with van der Waals surface area (Å²) in [5, 5.41) is 3.65. The van der Waals surface area contributed by atoms with Gasteiger partial charge in [0, 0.05) is 45.2 Å².